The second-order valence-corrected chi connectivity index (χ2v) is 10.7. The summed E-state index contributed by atoms with van der Waals surface area (Å²) in [5.41, 5.74) is -0.568. The van der Waals surface area contributed by atoms with E-state index in [9.17, 15) is 13.2 Å². The Hall–Kier alpha value is -1.76. The third-order valence-corrected chi connectivity index (χ3v) is 7.69. The van der Waals surface area contributed by atoms with Gasteiger partial charge in [-0.15, -0.1) is 0 Å². The van der Waals surface area contributed by atoms with Crippen molar-refractivity contribution in [1.82, 2.24) is 4.90 Å². The van der Waals surface area contributed by atoms with Crippen LogP contribution < -0.4 is 4.74 Å². The molecule has 0 saturated carbocycles. The highest BCUT2D eigenvalue weighted by atomic mass is 35.5. The third kappa shape index (κ3) is 5.05. The first-order valence-electron chi connectivity index (χ1n) is 9.30. The number of carbonyl (C=O) groups is 1. The quantitative estimate of drug-likeness (QED) is 0.678. The van der Waals surface area contributed by atoms with Crippen LogP contribution in [0.3, 0.4) is 0 Å². The third-order valence-electron chi connectivity index (χ3n) is 4.98. The monoisotopic (exact) mass is 455 g/mol. The van der Waals surface area contributed by atoms with E-state index in [1.807, 2.05) is 0 Å². The fourth-order valence-corrected chi connectivity index (χ4v) is 5.73. The molecule has 0 bridgehead atoms. The van der Waals surface area contributed by atoms with E-state index in [0.29, 0.717) is 27.9 Å². The molecule has 1 heterocycles. The maximum Gasteiger partial charge on any atom is 0.266 e. The van der Waals surface area contributed by atoms with Crippen molar-refractivity contribution < 1.29 is 17.9 Å². The summed E-state index contributed by atoms with van der Waals surface area (Å²) < 4.78 is 31.6. The summed E-state index contributed by atoms with van der Waals surface area (Å²) in [6, 6.07) is 13.7. The molecule has 2 aromatic carbocycles. The number of benzene rings is 2. The van der Waals surface area contributed by atoms with Crippen molar-refractivity contribution in [3.8, 4) is 5.75 Å². The van der Waals surface area contributed by atoms with Gasteiger partial charge in [-0.3, -0.25) is 4.79 Å². The zero-order chi connectivity index (χ0) is 21.2. The molecule has 0 N–H and O–H groups in total. The molecule has 8 heteroatoms. The number of hydrogen-bond donors (Lipinski definition) is 0. The Morgan fingerprint density at radius 2 is 1.72 bits per heavy atom. The lowest BCUT2D eigenvalue weighted by atomic mass is 10.1. The normalized spacial score (nSPS) is 19.4. The van der Waals surface area contributed by atoms with E-state index in [0.717, 1.165) is 0 Å². The molecule has 0 aromatic heterocycles. The highest BCUT2D eigenvalue weighted by molar-refractivity contribution is 7.91. The molecule has 156 valence electrons. The van der Waals surface area contributed by atoms with Gasteiger partial charge in [-0.1, -0.05) is 41.4 Å². The van der Waals surface area contributed by atoms with Gasteiger partial charge in [0.25, 0.3) is 5.91 Å². The summed E-state index contributed by atoms with van der Waals surface area (Å²) in [5.74, 6) is 0.137. The highest BCUT2D eigenvalue weighted by Crippen LogP contribution is 2.34. The van der Waals surface area contributed by atoms with E-state index in [1.165, 1.54) is 0 Å². The van der Waals surface area contributed by atoms with Crippen molar-refractivity contribution in [2.75, 3.05) is 18.8 Å². The Kier molecular flexibility index (Phi) is 6.46. The molecule has 29 heavy (non-hydrogen) atoms. The largest absolute Gasteiger partial charge is 0.478 e. The predicted molar refractivity (Wildman–Crippen MR) is 115 cm³/mol. The van der Waals surface area contributed by atoms with Crippen LogP contribution in [-0.4, -0.2) is 43.7 Å². The minimum absolute atomic E-state index is 0.119. The van der Waals surface area contributed by atoms with Gasteiger partial charge in [-0.05, 0) is 56.2 Å². The second-order valence-electron chi connectivity index (χ2n) is 7.52. The molecule has 2 aromatic rings. The van der Waals surface area contributed by atoms with Crippen molar-refractivity contribution in [3.63, 3.8) is 0 Å². The molecular formula is C21H23Cl2NO4S. The van der Waals surface area contributed by atoms with Crippen LogP contribution >= 0.6 is 23.2 Å². The molecule has 1 atom stereocenters. The maximum atomic E-state index is 13.1. The van der Waals surface area contributed by atoms with Gasteiger partial charge in [0.15, 0.2) is 15.4 Å². The Morgan fingerprint density at radius 3 is 2.38 bits per heavy atom. The molecule has 1 amide bonds. The van der Waals surface area contributed by atoms with E-state index < -0.39 is 20.7 Å². The van der Waals surface area contributed by atoms with Crippen LogP contribution in [0.1, 0.15) is 31.1 Å². The van der Waals surface area contributed by atoms with E-state index in [-0.39, 0.29) is 24.6 Å². The number of hydrogen-bond acceptors (Lipinski definition) is 4. The van der Waals surface area contributed by atoms with Crippen molar-refractivity contribution in [3.05, 3.63) is 64.1 Å². The van der Waals surface area contributed by atoms with Crippen molar-refractivity contribution >= 4 is 38.9 Å². The summed E-state index contributed by atoms with van der Waals surface area (Å²) >= 11 is 12.1. The molecule has 0 aliphatic carbocycles. The number of halogens is 2. The number of sulfone groups is 1. The van der Waals surface area contributed by atoms with Crippen LogP contribution in [0.2, 0.25) is 10.0 Å². The lowest BCUT2D eigenvalue weighted by Crippen LogP contribution is -2.49. The van der Waals surface area contributed by atoms with Gasteiger partial charge >= 0.3 is 0 Å². The van der Waals surface area contributed by atoms with E-state index in [4.69, 9.17) is 27.9 Å². The number of amides is 1. The molecule has 1 aliphatic rings. The number of ether oxygens (including phenoxy) is 1. The van der Waals surface area contributed by atoms with Crippen LogP contribution in [0.25, 0.3) is 0 Å². The first-order chi connectivity index (χ1) is 13.6. The average molecular weight is 456 g/mol. The molecule has 1 aliphatic heterocycles. The van der Waals surface area contributed by atoms with Gasteiger partial charge in [-0.25, -0.2) is 8.42 Å². The van der Waals surface area contributed by atoms with Crippen molar-refractivity contribution in [2.24, 2.45) is 0 Å². The van der Waals surface area contributed by atoms with E-state index in [1.54, 1.807) is 67.3 Å². The zero-order valence-corrected chi connectivity index (χ0v) is 18.6. The molecular weight excluding hydrogens is 433 g/mol. The zero-order valence-electron chi connectivity index (χ0n) is 16.3. The summed E-state index contributed by atoms with van der Waals surface area (Å²) in [6.07, 6.45) is 0.287. The van der Waals surface area contributed by atoms with Gasteiger partial charge in [0.1, 0.15) is 5.75 Å². The van der Waals surface area contributed by atoms with Gasteiger partial charge in [-0.2, -0.15) is 0 Å². The first-order valence-corrected chi connectivity index (χ1v) is 11.8. The Labute approximate surface area is 181 Å². The summed E-state index contributed by atoms with van der Waals surface area (Å²) in [5, 5.41) is 0.270. The van der Waals surface area contributed by atoms with Gasteiger partial charge in [0, 0.05) is 23.1 Å². The van der Waals surface area contributed by atoms with Gasteiger partial charge < -0.3 is 9.64 Å². The fraction of sp³-hybridized carbons (Fsp3) is 0.381. The Bertz CT molecular complexity index is 990. The van der Waals surface area contributed by atoms with Crippen LogP contribution in [-0.2, 0) is 14.6 Å². The van der Waals surface area contributed by atoms with Crippen molar-refractivity contribution in [1.29, 1.82) is 0 Å². The predicted octanol–water partition coefficient (Wildman–Crippen LogP) is 4.54. The molecule has 1 unspecified atom stereocenters. The van der Waals surface area contributed by atoms with Crippen LogP contribution in [0, 0.1) is 0 Å². The molecule has 5 nitrogen and oxygen atoms in total. The lowest BCUT2D eigenvalue weighted by molar-refractivity contribution is -0.145. The van der Waals surface area contributed by atoms with Crippen molar-refractivity contribution in [2.45, 2.75) is 31.1 Å². The van der Waals surface area contributed by atoms with Gasteiger partial charge in [0.05, 0.1) is 11.0 Å². The summed E-state index contributed by atoms with van der Waals surface area (Å²) in [4.78, 5) is 14.7. The smallest absolute Gasteiger partial charge is 0.266 e. The maximum absolute atomic E-state index is 13.1. The number of nitrogens with zero attached hydrogens (tertiary/aromatic N) is 1. The molecule has 0 spiro atoms. The second kappa shape index (κ2) is 8.54. The van der Waals surface area contributed by atoms with Crippen LogP contribution in [0.5, 0.6) is 5.75 Å². The fourth-order valence-electron chi connectivity index (χ4n) is 3.45. The number of rotatable bonds is 4. The Morgan fingerprint density at radius 1 is 1.07 bits per heavy atom. The standard InChI is InChI=1S/C21H23Cl2NO4S/c1-21(2,28-16-9-7-15(22)8-10-16)20(25)24-12-11-19(29(26,27)14-13-24)17-5-3-4-6-18(17)23/h3-10,19H,11-14H2,1-2H3. The topological polar surface area (TPSA) is 63.7 Å². The minimum atomic E-state index is -3.44. The SMILES string of the molecule is CC(C)(Oc1ccc(Cl)cc1)C(=O)N1CCC(c2ccccc2Cl)S(=O)(=O)CC1. The molecule has 3 rings (SSSR count). The molecule has 1 saturated heterocycles. The minimum Gasteiger partial charge on any atom is -0.478 e. The Balaban J connectivity index is 1.77. The molecule has 1 fully saturated rings. The average Bonchev–Trinajstić information content (AvgIpc) is 2.81. The first kappa shape index (κ1) is 21.9. The number of carbonyl (C=O) groups excluding carboxylic acids is 1. The molecule has 0 radical (unpaired) electrons. The van der Waals surface area contributed by atoms with Crippen LogP contribution in [0.15, 0.2) is 48.5 Å². The highest BCUT2D eigenvalue weighted by Gasteiger charge is 2.39. The summed E-state index contributed by atoms with van der Waals surface area (Å²) in [7, 11) is -3.44. The lowest BCUT2D eigenvalue weighted by Gasteiger charge is -2.31. The summed E-state index contributed by atoms with van der Waals surface area (Å²) in [6.45, 7) is 3.78. The van der Waals surface area contributed by atoms with E-state index in [2.05, 4.69) is 0 Å². The van der Waals surface area contributed by atoms with Gasteiger partial charge in [0.2, 0.25) is 0 Å². The van der Waals surface area contributed by atoms with Crippen LogP contribution in [0.4, 0.5) is 0 Å². The van der Waals surface area contributed by atoms with E-state index >= 15 is 0 Å².